The summed E-state index contributed by atoms with van der Waals surface area (Å²) in [6.07, 6.45) is 4.00. The molecule has 3 rings (SSSR count). The van der Waals surface area contributed by atoms with E-state index in [9.17, 15) is 13.7 Å². The molecule has 0 saturated heterocycles. The Morgan fingerprint density at radius 1 is 1.29 bits per heavy atom. The third kappa shape index (κ3) is 2.82. The molecule has 0 amide bonds. The van der Waals surface area contributed by atoms with Crippen LogP contribution >= 0.6 is 0 Å². The summed E-state index contributed by atoms with van der Waals surface area (Å²) in [5.41, 5.74) is 0.276. The first-order valence-electron chi connectivity index (χ1n) is 8.24. The minimum atomic E-state index is -3.83. The molecule has 128 valence electrons. The molecule has 0 unspecified atom stereocenters. The van der Waals surface area contributed by atoms with Crippen LogP contribution in [0.25, 0.3) is 0 Å². The maximum Gasteiger partial charge on any atom is 0.329 e. The zero-order chi connectivity index (χ0) is 17.4. The summed E-state index contributed by atoms with van der Waals surface area (Å²) in [5, 5.41) is 12.8. The van der Waals surface area contributed by atoms with Gasteiger partial charge in [0.15, 0.2) is 5.71 Å². The zero-order valence-corrected chi connectivity index (χ0v) is 14.8. The van der Waals surface area contributed by atoms with Crippen molar-refractivity contribution in [3.05, 3.63) is 35.9 Å². The first-order valence-corrected chi connectivity index (χ1v) is 9.82. The van der Waals surface area contributed by atoms with E-state index in [1.165, 1.54) is 0 Å². The molecule has 0 atom stereocenters. The van der Waals surface area contributed by atoms with E-state index >= 15 is 0 Å². The van der Waals surface area contributed by atoms with Gasteiger partial charge in [-0.3, -0.25) is 4.28 Å². The molecular formula is C18H22N2O3S. The molecule has 0 aliphatic heterocycles. The fourth-order valence-corrected chi connectivity index (χ4v) is 6.07. The van der Waals surface area contributed by atoms with Gasteiger partial charge >= 0.3 is 10.1 Å². The summed E-state index contributed by atoms with van der Waals surface area (Å²) in [6.45, 7) is 4.34. The highest BCUT2D eigenvalue weighted by Gasteiger charge is 2.60. The van der Waals surface area contributed by atoms with E-state index in [-0.39, 0.29) is 22.3 Å². The Balaban J connectivity index is 1.78. The summed E-state index contributed by atoms with van der Waals surface area (Å²) in [5.74, 6) is 0.565. The second-order valence-corrected chi connectivity index (χ2v) is 9.02. The van der Waals surface area contributed by atoms with E-state index < -0.39 is 10.1 Å². The second-order valence-electron chi connectivity index (χ2n) is 7.47. The molecule has 2 aliphatic carbocycles. The van der Waals surface area contributed by atoms with E-state index in [2.05, 4.69) is 19.0 Å². The molecule has 2 fully saturated rings. The van der Waals surface area contributed by atoms with Crippen LogP contribution in [-0.4, -0.2) is 19.9 Å². The van der Waals surface area contributed by atoms with Crippen molar-refractivity contribution in [1.82, 2.24) is 0 Å². The van der Waals surface area contributed by atoms with Gasteiger partial charge in [-0.2, -0.15) is 13.7 Å². The topological polar surface area (TPSA) is 79.5 Å². The van der Waals surface area contributed by atoms with Crippen molar-refractivity contribution in [2.24, 2.45) is 21.9 Å². The molecule has 2 aliphatic rings. The average molecular weight is 346 g/mol. The number of nitrogens with zero attached hydrogens (tertiary/aromatic N) is 2. The van der Waals surface area contributed by atoms with Gasteiger partial charge in [-0.05, 0) is 42.4 Å². The fourth-order valence-electron chi connectivity index (χ4n) is 4.49. The maximum atomic E-state index is 12.5. The predicted molar refractivity (Wildman–Crippen MR) is 91.6 cm³/mol. The first kappa shape index (κ1) is 17.0. The fraction of sp³-hybridized carbons (Fsp3) is 0.556. The molecule has 0 N–H and O–H groups in total. The average Bonchev–Trinajstić information content (AvgIpc) is 2.92. The molecule has 0 heterocycles. The van der Waals surface area contributed by atoms with Gasteiger partial charge in [-0.15, -0.1) is 0 Å². The summed E-state index contributed by atoms with van der Waals surface area (Å²) >= 11 is 0. The Bertz CT molecular complexity index is 783. The van der Waals surface area contributed by atoms with Crippen molar-refractivity contribution in [3.8, 4) is 6.07 Å². The van der Waals surface area contributed by atoms with Crippen LogP contribution < -0.4 is 0 Å². The van der Waals surface area contributed by atoms with E-state index in [4.69, 9.17) is 4.28 Å². The summed E-state index contributed by atoms with van der Waals surface area (Å²) in [7, 11) is -3.83. The van der Waals surface area contributed by atoms with Gasteiger partial charge in [-0.1, -0.05) is 49.3 Å². The molecule has 2 bridgehead atoms. The molecule has 2 saturated carbocycles. The number of hydrogen-bond acceptors (Lipinski definition) is 5. The first-order chi connectivity index (χ1) is 11.3. The van der Waals surface area contributed by atoms with Gasteiger partial charge in [0, 0.05) is 5.56 Å². The maximum absolute atomic E-state index is 12.5. The lowest BCUT2D eigenvalue weighted by Gasteiger charge is -2.37. The number of rotatable bonds is 5. The number of oxime groups is 1. The molecule has 1 aromatic carbocycles. The van der Waals surface area contributed by atoms with Gasteiger partial charge in [0.2, 0.25) is 0 Å². The highest BCUT2D eigenvalue weighted by Crippen LogP contribution is 2.66. The van der Waals surface area contributed by atoms with Crippen LogP contribution in [0.2, 0.25) is 0 Å². The molecule has 0 spiro atoms. The van der Waals surface area contributed by atoms with Crippen molar-refractivity contribution in [1.29, 1.82) is 5.26 Å². The Kier molecular flexibility index (Phi) is 4.16. The van der Waals surface area contributed by atoms with Crippen LogP contribution in [0.4, 0.5) is 0 Å². The molecule has 0 radical (unpaired) electrons. The van der Waals surface area contributed by atoms with Crippen molar-refractivity contribution >= 4 is 15.8 Å². The van der Waals surface area contributed by atoms with Crippen LogP contribution in [0.5, 0.6) is 0 Å². The lowest BCUT2D eigenvalue weighted by molar-refractivity contribution is 0.150. The SMILES string of the molecule is CC1(C)C2CCC1(CS(=O)(=O)ON=C(C#N)c1ccccc1)CC2. The standard InChI is InChI=1S/C18H22N2O3S/c1-17(2)15-8-10-18(17,11-9-15)13-24(21,22)23-20-16(12-19)14-6-4-3-5-7-14/h3-7,15H,8-11,13H2,1-2H3. The number of hydrogen-bond donors (Lipinski definition) is 0. The largest absolute Gasteiger partial charge is 0.329 e. The van der Waals surface area contributed by atoms with E-state index in [0.717, 1.165) is 25.7 Å². The van der Waals surface area contributed by atoms with Gasteiger partial charge < -0.3 is 0 Å². The quantitative estimate of drug-likeness (QED) is 0.604. The Labute approximate surface area is 143 Å². The molecular weight excluding hydrogens is 324 g/mol. The monoisotopic (exact) mass is 346 g/mol. The molecule has 24 heavy (non-hydrogen) atoms. The summed E-state index contributed by atoms with van der Waals surface area (Å²) in [6, 6.07) is 10.6. The smallest absolute Gasteiger partial charge is 0.267 e. The number of fused-ring (bicyclic) bond motifs is 2. The third-order valence-corrected chi connectivity index (χ3v) is 7.39. The minimum Gasteiger partial charge on any atom is -0.267 e. The highest BCUT2D eigenvalue weighted by atomic mass is 32.2. The third-order valence-electron chi connectivity index (χ3n) is 6.18. The van der Waals surface area contributed by atoms with Gasteiger partial charge in [0.1, 0.15) is 6.07 Å². The van der Waals surface area contributed by atoms with Crippen molar-refractivity contribution in [2.75, 3.05) is 5.75 Å². The molecule has 5 nitrogen and oxygen atoms in total. The van der Waals surface area contributed by atoms with Gasteiger partial charge in [0.05, 0.1) is 5.75 Å². The van der Waals surface area contributed by atoms with Gasteiger partial charge in [-0.25, -0.2) is 0 Å². The molecule has 0 aromatic heterocycles. The van der Waals surface area contributed by atoms with Crippen LogP contribution in [0.15, 0.2) is 35.5 Å². The molecule has 1 aromatic rings. The van der Waals surface area contributed by atoms with Crippen LogP contribution in [0, 0.1) is 28.1 Å². The molecule has 6 heteroatoms. The predicted octanol–water partition coefficient (Wildman–Crippen LogP) is 3.48. The van der Waals surface area contributed by atoms with Crippen molar-refractivity contribution in [2.45, 2.75) is 39.5 Å². The van der Waals surface area contributed by atoms with Crippen molar-refractivity contribution in [3.63, 3.8) is 0 Å². The van der Waals surface area contributed by atoms with Crippen molar-refractivity contribution < 1.29 is 12.7 Å². The van der Waals surface area contributed by atoms with Crippen LogP contribution in [0.3, 0.4) is 0 Å². The Hall–Kier alpha value is -1.87. The number of nitriles is 1. The minimum absolute atomic E-state index is 0.00460. The summed E-state index contributed by atoms with van der Waals surface area (Å²) < 4.78 is 29.8. The lowest BCUT2D eigenvalue weighted by atomic mass is 9.71. The van der Waals surface area contributed by atoms with E-state index in [1.807, 2.05) is 12.1 Å². The highest BCUT2D eigenvalue weighted by molar-refractivity contribution is 7.86. The second kappa shape index (κ2) is 5.89. The normalized spacial score (nSPS) is 28.5. The van der Waals surface area contributed by atoms with Crippen LogP contribution in [-0.2, 0) is 14.4 Å². The summed E-state index contributed by atoms with van der Waals surface area (Å²) in [4.78, 5) is 0. The Morgan fingerprint density at radius 3 is 2.42 bits per heavy atom. The van der Waals surface area contributed by atoms with E-state index in [1.54, 1.807) is 24.3 Å². The van der Waals surface area contributed by atoms with Gasteiger partial charge in [0.25, 0.3) is 0 Å². The Morgan fingerprint density at radius 2 is 1.92 bits per heavy atom. The zero-order valence-electron chi connectivity index (χ0n) is 14.0. The lowest BCUT2D eigenvalue weighted by Crippen LogP contribution is -2.37. The van der Waals surface area contributed by atoms with Crippen LogP contribution in [0.1, 0.15) is 45.1 Å². The number of benzene rings is 1. The van der Waals surface area contributed by atoms with E-state index in [0.29, 0.717) is 11.5 Å².